The van der Waals surface area contributed by atoms with Crippen molar-refractivity contribution < 1.29 is 14.0 Å². The fourth-order valence-corrected chi connectivity index (χ4v) is 5.67. The molecular formula is C27H29FN2O2S. The van der Waals surface area contributed by atoms with Gasteiger partial charge in [-0.25, -0.2) is 4.39 Å². The van der Waals surface area contributed by atoms with Gasteiger partial charge in [0.2, 0.25) is 0 Å². The SMILES string of the molecule is Cc1cccc(NC(=O)c2c(NC(=O)c3ccc(F)cc3)sc3c2CCC(C(C)(C)C)C3)c1. The van der Waals surface area contributed by atoms with E-state index in [4.69, 9.17) is 0 Å². The average molecular weight is 465 g/mol. The van der Waals surface area contributed by atoms with Crippen molar-refractivity contribution in [3.8, 4) is 0 Å². The molecule has 0 radical (unpaired) electrons. The van der Waals surface area contributed by atoms with Crippen LogP contribution in [0.25, 0.3) is 0 Å². The number of amides is 2. The summed E-state index contributed by atoms with van der Waals surface area (Å²) in [7, 11) is 0. The van der Waals surface area contributed by atoms with Gasteiger partial charge in [0.15, 0.2) is 0 Å². The summed E-state index contributed by atoms with van der Waals surface area (Å²) in [5.74, 6) is -0.464. The van der Waals surface area contributed by atoms with Crippen molar-refractivity contribution in [3.05, 3.63) is 81.5 Å². The third kappa shape index (κ3) is 5.17. The Labute approximate surface area is 198 Å². The molecule has 0 fully saturated rings. The van der Waals surface area contributed by atoms with Crippen molar-refractivity contribution in [2.24, 2.45) is 11.3 Å². The molecule has 1 aliphatic rings. The van der Waals surface area contributed by atoms with Crippen LogP contribution in [0.3, 0.4) is 0 Å². The molecule has 0 aliphatic heterocycles. The molecule has 1 atom stereocenters. The summed E-state index contributed by atoms with van der Waals surface area (Å²) >= 11 is 1.48. The Kier molecular flexibility index (Phi) is 6.39. The second-order valence-electron chi connectivity index (χ2n) is 9.80. The summed E-state index contributed by atoms with van der Waals surface area (Å²) in [6, 6.07) is 13.1. The zero-order valence-corrected chi connectivity index (χ0v) is 20.2. The lowest BCUT2D eigenvalue weighted by Gasteiger charge is -2.33. The lowest BCUT2D eigenvalue weighted by molar-refractivity contribution is 0.102. The third-order valence-electron chi connectivity index (χ3n) is 6.33. The Balaban J connectivity index is 1.68. The molecule has 4 rings (SSSR count). The van der Waals surface area contributed by atoms with Crippen molar-refractivity contribution in [3.63, 3.8) is 0 Å². The maximum absolute atomic E-state index is 13.4. The van der Waals surface area contributed by atoms with Crippen LogP contribution in [-0.4, -0.2) is 11.8 Å². The van der Waals surface area contributed by atoms with E-state index >= 15 is 0 Å². The molecule has 6 heteroatoms. The number of hydrogen-bond acceptors (Lipinski definition) is 3. The van der Waals surface area contributed by atoms with Gasteiger partial charge in [-0.15, -0.1) is 11.3 Å². The number of halogens is 1. The summed E-state index contributed by atoms with van der Waals surface area (Å²) in [5, 5.41) is 6.49. The number of nitrogens with one attached hydrogen (secondary N) is 2. The molecule has 3 aromatic rings. The molecule has 33 heavy (non-hydrogen) atoms. The van der Waals surface area contributed by atoms with E-state index in [0.717, 1.165) is 41.0 Å². The summed E-state index contributed by atoms with van der Waals surface area (Å²) in [4.78, 5) is 27.5. The van der Waals surface area contributed by atoms with E-state index in [1.807, 2.05) is 31.2 Å². The van der Waals surface area contributed by atoms with E-state index in [1.165, 1.54) is 35.6 Å². The minimum absolute atomic E-state index is 0.170. The number of fused-ring (bicyclic) bond motifs is 1. The third-order valence-corrected chi connectivity index (χ3v) is 7.50. The van der Waals surface area contributed by atoms with Gasteiger partial charge in [0, 0.05) is 16.1 Å². The van der Waals surface area contributed by atoms with Crippen molar-refractivity contribution in [1.82, 2.24) is 0 Å². The van der Waals surface area contributed by atoms with Crippen LogP contribution in [0, 0.1) is 24.1 Å². The van der Waals surface area contributed by atoms with Crippen molar-refractivity contribution >= 4 is 33.8 Å². The summed E-state index contributed by atoms with van der Waals surface area (Å²) in [6.45, 7) is 8.72. The highest BCUT2D eigenvalue weighted by Crippen LogP contribution is 2.44. The van der Waals surface area contributed by atoms with E-state index < -0.39 is 5.82 Å². The van der Waals surface area contributed by atoms with Gasteiger partial charge in [0.25, 0.3) is 11.8 Å². The Hall–Kier alpha value is -2.99. The monoisotopic (exact) mass is 464 g/mol. The predicted octanol–water partition coefficient (Wildman–Crippen LogP) is 6.85. The van der Waals surface area contributed by atoms with Gasteiger partial charge >= 0.3 is 0 Å². The number of thiophene rings is 1. The van der Waals surface area contributed by atoms with Crippen LogP contribution in [-0.2, 0) is 12.8 Å². The number of carbonyl (C=O) groups is 2. The van der Waals surface area contributed by atoms with E-state index in [-0.39, 0.29) is 17.2 Å². The van der Waals surface area contributed by atoms with Crippen LogP contribution >= 0.6 is 11.3 Å². The molecule has 0 saturated heterocycles. The van der Waals surface area contributed by atoms with Crippen LogP contribution in [0.15, 0.2) is 48.5 Å². The number of carbonyl (C=O) groups excluding carboxylic acids is 2. The molecule has 2 aromatic carbocycles. The Bertz CT molecular complexity index is 1190. The highest BCUT2D eigenvalue weighted by molar-refractivity contribution is 7.17. The van der Waals surface area contributed by atoms with Crippen LogP contribution in [0.2, 0.25) is 0 Å². The highest BCUT2D eigenvalue weighted by Gasteiger charge is 2.34. The molecule has 172 valence electrons. The normalized spacial score (nSPS) is 15.6. The zero-order chi connectivity index (χ0) is 23.8. The lowest BCUT2D eigenvalue weighted by Crippen LogP contribution is -2.27. The van der Waals surface area contributed by atoms with Gasteiger partial charge in [0.1, 0.15) is 10.8 Å². The summed E-state index contributed by atoms with van der Waals surface area (Å²) < 4.78 is 13.3. The molecule has 1 unspecified atom stereocenters. The van der Waals surface area contributed by atoms with E-state index in [9.17, 15) is 14.0 Å². The van der Waals surface area contributed by atoms with Crippen molar-refractivity contribution in [1.29, 1.82) is 0 Å². The van der Waals surface area contributed by atoms with E-state index in [1.54, 1.807) is 0 Å². The van der Waals surface area contributed by atoms with Crippen LogP contribution < -0.4 is 10.6 Å². The quantitative estimate of drug-likeness (QED) is 0.443. The largest absolute Gasteiger partial charge is 0.322 e. The topological polar surface area (TPSA) is 58.2 Å². The van der Waals surface area contributed by atoms with Crippen molar-refractivity contribution in [2.45, 2.75) is 47.0 Å². The number of anilines is 2. The molecular weight excluding hydrogens is 435 g/mol. The average Bonchev–Trinajstić information content (AvgIpc) is 3.10. The van der Waals surface area contributed by atoms with E-state index in [2.05, 4.69) is 31.4 Å². The molecule has 1 aromatic heterocycles. The fourth-order valence-electron chi connectivity index (χ4n) is 4.35. The summed E-state index contributed by atoms with van der Waals surface area (Å²) in [5.41, 5.74) is 3.86. The number of hydrogen-bond donors (Lipinski definition) is 2. The highest BCUT2D eigenvalue weighted by atomic mass is 32.1. The van der Waals surface area contributed by atoms with Crippen molar-refractivity contribution in [2.75, 3.05) is 10.6 Å². The molecule has 1 heterocycles. The molecule has 4 nitrogen and oxygen atoms in total. The standard InChI is InChI=1S/C27H29FN2O2S/c1-16-6-5-7-20(14-16)29-25(32)23-21-13-10-18(27(2,3)4)15-22(21)33-26(23)30-24(31)17-8-11-19(28)12-9-17/h5-9,11-12,14,18H,10,13,15H2,1-4H3,(H,29,32)(H,30,31). The van der Waals surface area contributed by atoms with Gasteiger partial charge in [0.05, 0.1) is 5.56 Å². The lowest BCUT2D eigenvalue weighted by atomic mass is 9.72. The van der Waals surface area contributed by atoms with Crippen LogP contribution in [0.5, 0.6) is 0 Å². The second kappa shape index (κ2) is 9.10. The second-order valence-corrected chi connectivity index (χ2v) is 10.9. The van der Waals surface area contributed by atoms with E-state index in [0.29, 0.717) is 22.0 Å². The Morgan fingerprint density at radius 3 is 2.42 bits per heavy atom. The smallest absolute Gasteiger partial charge is 0.258 e. The predicted molar refractivity (Wildman–Crippen MR) is 133 cm³/mol. The summed E-state index contributed by atoms with van der Waals surface area (Å²) in [6.07, 6.45) is 2.70. The molecule has 0 spiro atoms. The first-order valence-corrected chi connectivity index (χ1v) is 12.0. The van der Waals surface area contributed by atoms with Gasteiger partial charge < -0.3 is 10.6 Å². The van der Waals surface area contributed by atoms with Gasteiger partial charge in [-0.1, -0.05) is 32.9 Å². The van der Waals surface area contributed by atoms with Gasteiger partial charge in [-0.05, 0) is 85.0 Å². The minimum Gasteiger partial charge on any atom is -0.322 e. The van der Waals surface area contributed by atoms with Gasteiger partial charge in [-0.3, -0.25) is 9.59 Å². The maximum Gasteiger partial charge on any atom is 0.258 e. The number of benzene rings is 2. The molecule has 2 amide bonds. The number of aryl methyl sites for hydroxylation is 1. The number of rotatable bonds is 4. The fraction of sp³-hybridized carbons (Fsp3) is 0.333. The first-order chi connectivity index (χ1) is 15.6. The Morgan fingerprint density at radius 1 is 1.03 bits per heavy atom. The van der Waals surface area contributed by atoms with Crippen LogP contribution in [0.1, 0.15) is 63.9 Å². The molecule has 2 N–H and O–H groups in total. The zero-order valence-electron chi connectivity index (χ0n) is 19.4. The molecule has 0 saturated carbocycles. The first-order valence-electron chi connectivity index (χ1n) is 11.2. The van der Waals surface area contributed by atoms with Gasteiger partial charge in [-0.2, -0.15) is 0 Å². The van der Waals surface area contributed by atoms with Crippen LogP contribution in [0.4, 0.5) is 15.1 Å². The first kappa shape index (κ1) is 23.2. The maximum atomic E-state index is 13.4. The molecule has 1 aliphatic carbocycles. The minimum atomic E-state index is -0.399. The molecule has 0 bridgehead atoms. The Morgan fingerprint density at radius 2 is 1.76 bits per heavy atom.